The minimum absolute atomic E-state index is 0.111. The number of oxazole rings is 1. The van der Waals surface area contributed by atoms with Gasteiger partial charge in [-0.15, -0.1) is 0 Å². The summed E-state index contributed by atoms with van der Waals surface area (Å²) in [4.78, 5) is 24.0. The van der Waals surface area contributed by atoms with E-state index in [1.807, 2.05) is 17.0 Å². The Bertz CT molecular complexity index is 1830. The number of amides is 1. The molecule has 1 saturated heterocycles. The molecule has 212 valence electrons. The Kier molecular flexibility index (Phi) is 6.86. The molecule has 1 amide bonds. The number of benzene rings is 2. The fraction of sp³-hybridized carbons (Fsp3) is 0.276. The number of halogens is 1. The van der Waals surface area contributed by atoms with Crippen molar-refractivity contribution in [1.82, 2.24) is 15.3 Å². The molecule has 12 heteroatoms. The summed E-state index contributed by atoms with van der Waals surface area (Å²) in [5.41, 5.74) is 3.36. The molecule has 2 N–H and O–H groups in total. The first-order valence-corrected chi connectivity index (χ1v) is 15.0. The molecule has 0 spiro atoms. The molecule has 1 unspecified atom stereocenters. The highest BCUT2D eigenvalue weighted by Gasteiger charge is 2.30. The average molecular weight is 578 g/mol. The minimum atomic E-state index is -3.63. The van der Waals surface area contributed by atoms with Crippen LogP contribution in [-0.4, -0.2) is 50.2 Å². The van der Waals surface area contributed by atoms with Gasteiger partial charge in [0.1, 0.15) is 17.2 Å². The number of nitrogens with zero attached hydrogens (tertiary/aromatic N) is 3. The van der Waals surface area contributed by atoms with Crippen LogP contribution in [-0.2, 0) is 10.0 Å². The highest BCUT2D eigenvalue weighted by Crippen LogP contribution is 2.41. The van der Waals surface area contributed by atoms with Gasteiger partial charge in [0.2, 0.25) is 15.7 Å². The summed E-state index contributed by atoms with van der Waals surface area (Å²) in [7, 11) is -2.11. The van der Waals surface area contributed by atoms with Crippen LogP contribution in [0.25, 0.3) is 33.5 Å². The van der Waals surface area contributed by atoms with Crippen LogP contribution in [0.4, 0.5) is 16.1 Å². The highest BCUT2D eigenvalue weighted by atomic mass is 32.2. The molecule has 1 aliphatic rings. The Hall–Kier alpha value is -4.45. The SMILES string of the molecule is CCS(=O)(=O)Nc1cc2oc(-c3ccc(F)cc3)c(C(=O)NC)c2cc1C1CCCN(c2nc3ncccc3o2)C1. The van der Waals surface area contributed by atoms with Gasteiger partial charge in [0, 0.05) is 49.3 Å². The maximum Gasteiger partial charge on any atom is 0.299 e. The van der Waals surface area contributed by atoms with E-state index in [1.54, 1.807) is 25.3 Å². The molecule has 2 aromatic carbocycles. The largest absolute Gasteiger partial charge is 0.455 e. The van der Waals surface area contributed by atoms with Gasteiger partial charge >= 0.3 is 0 Å². The number of hydrogen-bond donors (Lipinski definition) is 2. The number of piperidine rings is 1. The quantitative estimate of drug-likeness (QED) is 0.267. The normalized spacial score (nSPS) is 15.9. The predicted molar refractivity (Wildman–Crippen MR) is 154 cm³/mol. The molecule has 5 aromatic rings. The van der Waals surface area contributed by atoms with E-state index in [4.69, 9.17) is 8.83 Å². The van der Waals surface area contributed by atoms with Gasteiger partial charge in [0.05, 0.1) is 17.0 Å². The van der Waals surface area contributed by atoms with Gasteiger partial charge in [0.25, 0.3) is 11.9 Å². The zero-order valence-corrected chi connectivity index (χ0v) is 23.3. The van der Waals surface area contributed by atoms with Crippen molar-refractivity contribution in [1.29, 1.82) is 0 Å². The maximum absolute atomic E-state index is 13.7. The number of aromatic nitrogens is 2. The van der Waals surface area contributed by atoms with Gasteiger partial charge in [-0.05, 0) is 67.8 Å². The molecule has 0 bridgehead atoms. The first kappa shape index (κ1) is 26.8. The van der Waals surface area contributed by atoms with Gasteiger partial charge in [-0.2, -0.15) is 4.98 Å². The Morgan fingerprint density at radius 2 is 1.95 bits per heavy atom. The van der Waals surface area contributed by atoms with E-state index < -0.39 is 15.8 Å². The molecular weight excluding hydrogens is 549 g/mol. The highest BCUT2D eigenvalue weighted by molar-refractivity contribution is 7.92. The molecule has 6 rings (SSSR count). The van der Waals surface area contributed by atoms with E-state index in [1.165, 1.54) is 31.3 Å². The van der Waals surface area contributed by atoms with Crippen molar-refractivity contribution >= 4 is 49.8 Å². The van der Waals surface area contributed by atoms with Crippen molar-refractivity contribution in [3.8, 4) is 11.3 Å². The number of fused-ring (bicyclic) bond motifs is 2. The molecule has 1 atom stereocenters. The lowest BCUT2D eigenvalue weighted by Crippen LogP contribution is -2.35. The number of hydrogen-bond acceptors (Lipinski definition) is 8. The summed E-state index contributed by atoms with van der Waals surface area (Å²) in [5, 5.41) is 3.19. The summed E-state index contributed by atoms with van der Waals surface area (Å²) >= 11 is 0. The standard InChI is InChI=1S/C29H28FN5O5S/c1-3-41(37,38)34-22-15-24-21(25(28(36)31-2)26(39-24)17-8-10-19(30)11-9-17)14-20(22)18-6-5-13-35(16-18)29-33-27-23(40-29)7-4-12-32-27/h4,7-12,14-15,18,34H,3,5-6,13,16H2,1-2H3,(H,31,36). The zero-order valence-electron chi connectivity index (χ0n) is 22.5. The number of carbonyl (C=O) groups excluding carboxylic acids is 1. The topological polar surface area (TPSA) is 131 Å². The molecule has 4 heterocycles. The third-order valence-corrected chi connectivity index (χ3v) is 8.64. The molecule has 0 saturated carbocycles. The Morgan fingerprint density at radius 1 is 1.15 bits per heavy atom. The molecule has 0 aliphatic carbocycles. The van der Waals surface area contributed by atoms with Crippen LogP contribution in [0.1, 0.15) is 41.6 Å². The molecule has 1 aliphatic heterocycles. The van der Waals surface area contributed by atoms with Crippen molar-refractivity contribution < 1.29 is 26.4 Å². The van der Waals surface area contributed by atoms with Crippen molar-refractivity contribution in [2.45, 2.75) is 25.7 Å². The Labute approximate surface area is 235 Å². The lowest BCUT2D eigenvalue weighted by Gasteiger charge is -2.32. The summed E-state index contributed by atoms with van der Waals surface area (Å²) in [6.45, 7) is 2.79. The van der Waals surface area contributed by atoms with Crippen molar-refractivity contribution in [2.75, 3.05) is 35.5 Å². The van der Waals surface area contributed by atoms with Crippen LogP contribution in [0.3, 0.4) is 0 Å². The second-order valence-corrected chi connectivity index (χ2v) is 12.0. The first-order chi connectivity index (χ1) is 19.8. The number of nitrogens with one attached hydrogen (secondary N) is 2. The monoisotopic (exact) mass is 577 g/mol. The first-order valence-electron chi connectivity index (χ1n) is 13.3. The Morgan fingerprint density at radius 3 is 2.68 bits per heavy atom. The van der Waals surface area contributed by atoms with E-state index in [-0.39, 0.29) is 28.9 Å². The third kappa shape index (κ3) is 5.10. The summed E-state index contributed by atoms with van der Waals surface area (Å²) in [6.07, 6.45) is 3.24. The lowest BCUT2D eigenvalue weighted by molar-refractivity contribution is 0.0964. The predicted octanol–water partition coefficient (Wildman–Crippen LogP) is 5.28. The fourth-order valence-electron chi connectivity index (χ4n) is 5.28. The minimum Gasteiger partial charge on any atom is -0.455 e. The van der Waals surface area contributed by atoms with Crippen LogP contribution in [0.5, 0.6) is 0 Å². The van der Waals surface area contributed by atoms with Crippen LogP contribution in [0.15, 0.2) is 63.6 Å². The number of carbonyl (C=O) groups is 1. The second-order valence-electron chi connectivity index (χ2n) is 9.94. The number of anilines is 2. The van der Waals surface area contributed by atoms with Crippen molar-refractivity contribution in [3.05, 3.63) is 71.7 Å². The molecule has 3 aromatic heterocycles. The summed E-state index contributed by atoms with van der Waals surface area (Å²) in [5.74, 6) is -0.751. The van der Waals surface area contributed by atoms with Crippen molar-refractivity contribution in [3.63, 3.8) is 0 Å². The molecule has 10 nitrogen and oxygen atoms in total. The van der Waals surface area contributed by atoms with Gasteiger partial charge < -0.3 is 19.1 Å². The summed E-state index contributed by atoms with van der Waals surface area (Å²) < 4.78 is 53.9. The average Bonchev–Trinajstić information content (AvgIpc) is 3.58. The second kappa shape index (κ2) is 10.5. The van der Waals surface area contributed by atoms with Gasteiger partial charge in [-0.25, -0.2) is 17.8 Å². The van der Waals surface area contributed by atoms with E-state index in [2.05, 4.69) is 20.0 Å². The molecule has 0 radical (unpaired) electrons. The number of furan rings is 1. The smallest absolute Gasteiger partial charge is 0.299 e. The molecule has 1 fully saturated rings. The van der Waals surface area contributed by atoms with Gasteiger partial charge in [-0.1, -0.05) is 0 Å². The molecular formula is C29H28FN5O5S. The summed E-state index contributed by atoms with van der Waals surface area (Å²) in [6, 6.07) is 13.2. The van der Waals surface area contributed by atoms with Gasteiger partial charge in [-0.3, -0.25) is 9.52 Å². The Balaban J connectivity index is 1.48. The van der Waals surface area contributed by atoms with Crippen LogP contribution in [0.2, 0.25) is 0 Å². The van der Waals surface area contributed by atoms with E-state index in [0.29, 0.717) is 52.6 Å². The van der Waals surface area contributed by atoms with Crippen molar-refractivity contribution in [2.24, 2.45) is 0 Å². The van der Waals surface area contributed by atoms with Crippen LogP contribution in [0, 0.1) is 5.82 Å². The zero-order chi connectivity index (χ0) is 28.7. The van der Waals surface area contributed by atoms with Crippen LogP contribution < -0.4 is 14.9 Å². The van der Waals surface area contributed by atoms with E-state index in [9.17, 15) is 17.6 Å². The number of pyridine rings is 1. The number of rotatable bonds is 7. The lowest BCUT2D eigenvalue weighted by atomic mass is 9.88. The van der Waals surface area contributed by atoms with E-state index >= 15 is 0 Å². The number of sulfonamides is 1. The maximum atomic E-state index is 13.7. The fourth-order valence-corrected chi connectivity index (χ4v) is 5.93. The van der Waals surface area contributed by atoms with Gasteiger partial charge in [0.15, 0.2) is 5.58 Å². The third-order valence-electron chi connectivity index (χ3n) is 7.35. The van der Waals surface area contributed by atoms with E-state index in [0.717, 1.165) is 18.4 Å². The van der Waals surface area contributed by atoms with Crippen LogP contribution >= 0.6 is 0 Å². The molecule has 41 heavy (non-hydrogen) atoms.